The maximum Gasteiger partial charge on any atom is 0.213 e. The van der Waals surface area contributed by atoms with Crippen molar-refractivity contribution in [1.82, 2.24) is 9.97 Å². The summed E-state index contributed by atoms with van der Waals surface area (Å²) in [4.78, 5) is 9.23. The average Bonchev–Trinajstić information content (AvgIpc) is 2.51. The highest BCUT2D eigenvalue weighted by Crippen LogP contribution is 2.29. The van der Waals surface area contributed by atoms with E-state index in [1.165, 1.54) is 0 Å². The Hall–Kier alpha value is -2.10. The minimum atomic E-state index is 0.617. The van der Waals surface area contributed by atoms with Crippen LogP contribution in [-0.2, 0) is 12.8 Å². The van der Waals surface area contributed by atoms with Crippen molar-refractivity contribution >= 4 is 5.82 Å². The second-order valence-electron chi connectivity index (χ2n) is 5.38. The van der Waals surface area contributed by atoms with Gasteiger partial charge in [-0.15, -0.1) is 0 Å². The number of ether oxygens (including phenoxy) is 1. The molecule has 0 radical (unpaired) electrons. The van der Waals surface area contributed by atoms with Crippen LogP contribution in [-0.4, -0.2) is 16.6 Å². The lowest BCUT2D eigenvalue weighted by Gasteiger charge is -2.14. The second-order valence-corrected chi connectivity index (χ2v) is 5.38. The molecule has 2 heterocycles. The fourth-order valence-corrected chi connectivity index (χ4v) is 2.62. The minimum absolute atomic E-state index is 0.617. The van der Waals surface area contributed by atoms with E-state index < -0.39 is 0 Å². The molecule has 0 aliphatic carbocycles. The SMILES string of the molecule is CCCc1cc(C)c(-c2ccc(OCC)nc2CC)nc1N. The molecule has 118 valence electrons. The highest BCUT2D eigenvalue weighted by molar-refractivity contribution is 5.68. The van der Waals surface area contributed by atoms with Gasteiger partial charge in [0.1, 0.15) is 5.82 Å². The molecule has 22 heavy (non-hydrogen) atoms. The number of nitrogens with two attached hydrogens (primary N) is 1. The minimum Gasteiger partial charge on any atom is -0.478 e. The van der Waals surface area contributed by atoms with Gasteiger partial charge in [-0.3, -0.25) is 0 Å². The van der Waals surface area contributed by atoms with E-state index in [4.69, 9.17) is 10.5 Å². The predicted molar refractivity (Wildman–Crippen MR) is 91.2 cm³/mol. The molecular weight excluding hydrogens is 274 g/mol. The van der Waals surface area contributed by atoms with Crippen molar-refractivity contribution in [3.8, 4) is 17.1 Å². The topological polar surface area (TPSA) is 61.0 Å². The molecule has 2 rings (SSSR count). The smallest absolute Gasteiger partial charge is 0.213 e. The first-order valence-electron chi connectivity index (χ1n) is 7.99. The van der Waals surface area contributed by atoms with Crippen molar-refractivity contribution in [2.75, 3.05) is 12.3 Å². The first kappa shape index (κ1) is 16.3. The van der Waals surface area contributed by atoms with Crippen LogP contribution in [0.5, 0.6) is 5.88 Å². The van der Waals surface area contributed by atoms with Crippen molar-refractivity contribution in [2.24, 2.45) is 0 Å². The zero-order valence-electron chi connectivity index (χ0n) is 13.9. The Morgan fingerprint density at radius 2 is 1.91 bits per heavy atom. The van der Waals surface area contributed by atoms with Gasteiger partial charge in [0, 0.05) is 11.6 Å². The summed E-state index contributed by atoms with van der Waals surface area (Å²) < 4.78 is 5.49. The van der Waals surface area contributed by atoms with Crippen LogP contribution in [0.25, 0.3) is 11.3 Å². The number of rotatable bonds is 6. The summed E-state index contributed by atoms with van der Waals surface area (Å²) in [5, 5.41) is 0. The lowest BCUT2D eigenvalue weighted by atomic mass is 10.0. The molecule has 0 unspecified atom stereocenters. The Kier molecular flexibility index (Phi) is 5.36. The Balaban J connectivity index is 2.49. The number of anilines is 1. The third kappa shape index (κ3) is 3.38. The second kappa shape index (κ2) is 7.25. The quantitative estimate of drug-likeness (QED) is 0.877. The summed E-state index contributed by atoms with van der Waals surface area (Å²) in [6.45, 7) is 8.89. The summed E-state index contributed by atoms with van der Waals surface area (Å²) in [5.41, 5.74) is 11.3. The summed E-state index contributed by atoms with van der Waals surface area (Å²) in [7, 11) is 0. The maximum absolute atomic E-state index is 6.13. The van der Waals surface area contributed by atoms with Crippen LogP contribution < -0.4 is 10.5 Å². The van der Waals surface area contributed by atoms with Crippen molar-refractivity contribution < 1.29 is 4.74 Å². The molecule has 0 saturated carbocycles. The van der Waals surface area contributed by atoms with Gasteiger partial charge in [-0.2, -0.15) is 0 Å². The lowest BCUT2D eigenvalue weighted by molar-refractivity contribution is 0.326. The summed E-state index contributed by atoms with van der Waals surface area (Å²) in [5.74, 6) is 1.29. The van der Waals surface area contributed by atoms with Gasteiger partial charge in [0.2, 0.25) is 5.88 Å². The van der Waals surface area contributed by atoms with Crippen LogP contribution in [0.15, 0.2) is 18.2 Å². The Morgan fingerprint density at radius 1 is 1.14 bits per heavy atom. The first-order chi connectivity index (χ1) is 10.6. The summed E-state index contributed by atoms with van der Waals surface area (Å²) >= 11 is 0. The van der Waals surface area contributed by atoms with Gasteiger partial charge in [0.15, 0.2) is 0 Å². The van der Waals surface area contributed by atoms with Gasteiger partial charge in [-0.05, 0) is 43.9 Å². The van der Waals surface area contributed by atoms with E-state index in [2.05, 4.69) is 36.8 Å². The standard InChI is InChI=1S/C18H25N3O/c1-5-8-13-11-12(4)17(21-18(13)19)14-9-10-16(22-7-3)20-15(14)6-2/h9-11H,5-8H2,1-4H3,(H2,19,21). The Morgan fingerprint density at radius 3 is 2.55 bits per heavy atom. The zero-order valence-corrected chi connectivity index (χ0v) is 13.9. The number of hydrogen-bond donors (Lipinski definition) is 1. The van der Waals surface area contributed by atoms with Crippen LogP contribution in [0.3, 0.4) is 0 Å². The molecule has 0 bridgehead atoms. The Bertz CT molecular complexity index is 653. The van der Waals surface area contributed by atoms with Crippen LogP contribution in [0.1, 0.15) is 44.0 Å². The molecular formula is C18H25N3O. The number of aromatic nitrogens is 2. The van der Waals surface area contributed by atoms with E-state index in [-0.39, 0.29) is 0 Å². The van der Waals surface area contributed by atoms with E-state index in [0.717, 1.165) is 47.3 Å². The fraction of sp³-hybridized carbons (Fsp3) is 0.444. The van der Waals surface area contributed by atoms with Crippen LogP contribution in [0, 0.1) is 6.92 Å². The van der Waals surface area contributed by atoms with Gasteiger partial charge in [0.25, 0.3) is 0 Å². The van der Waals surface area contributed by atoms with Crippen molar-refractivity contribution in [2.45, 2.75) is 47.0 Å². The van der Waals surface area contributed by atoms with E-state index >= 15 is 0 Å². The van der Waals surface area contributed by atoms with Crippen molar-refractivity contribution in [3.05, 3.63) is 35.0 Å². The molecule has 0 fully saturated rings. The van der Waals surface area contributed by atoms with Crippen LogP contribution >= 0.6 is 0 Å². The normalized spacial score (nSPS) is 10.7. The molecule has 4 nitrogen and oxygen atoms in total. The fourth-order valence-electron chi connectivity index (χ4n) is 2.62. The number of nitrogen functional groups attached to an aromatic ring is 1. The van der Waals surface area contributed by atoms with E-state index in [0.29, 0.717) is 18.3 Å². The van der Waals surface area contributed by atoms with E-state index in [1.54, 1.807) is 0 Å². The monoisotopic (exact) mass is 299 g/mol. The third-order valence-corrected chi connectivity index (χ3v) is 3.68. The van der Waals surface area contributed by atoms with Crippen molar-refractivity contribution in [1.29, 1.82) is 0 Å². The molecule has 2 aromatic heterocycles. The van der Waals surface area contributed by atoms with Crippen LogP contribution in [0.2, 0.25) is 0 Å². The molecule has 0 aromatic carbocycles. The van der Waals surface area contributed by atoms with E-state index in [1.807, 2.05) is 19.1 Å². The number of hydrogen-bond acceptors (Lipinski definition) is 4. The largest absolute Gasteiger partial charge is 0.478 e. The van der Waals surface area contributed by atoms with Crippen molar-refractivity contribution in [3.63, 3.8) is 0 Å². The lowest BCUT2D eigenvalue weighted by Crippen LogP contribution is -2.04. The molecule has 0 aliphatic rings. The number of pyridine rings is 2. The maximum atomic E-state index is 6.13. The highest BCUT2D eigenvalue weighted by atomic mass is 16.5. The van der Waals surface area contributed by atoms with Gasteiger partial charge in [0.05, 0.1) is 18.0 Å². The van der Waals surface area contributed by atoms with E-state index in [9.17, 15) is 0 Å². The number of nitrogens with zero attached hydrogens (tertiary/aromatic N) is 2. The molecule has 0 spiro atoms. The van der Waals surface area contributed by atoms with Gasteiger partial charge >= 0.3 is 0 Å². The van der Waals surface area contributed by atoms with Crippen LogP contribution in [0.4, 0.5) is 5.82 Å². The van der Waals surface area contributed by atoms with Gasteiger partial charge in [-0.25, -0.2) is 9.97 Å². The first-order valence-corrected chi connectivity index (χ1v) is 7.99. The summed E-state index contributed by atoms with van der Waals surface area (Å²) in [6.07, 6.45) is 2.85. The van der Waals surface area contributed by atoms with Gasteiger partial charge < -0.3 is 10.5 Å². The molecule has 0 amide bonds. The highest BCUT2D eigenvalue weighted by Gasteiger charge is 2.13. The van der Waals surface area contributed by atoms with Gasteiger partial charge in [-0.1, -0.05) is 26.3 Å². The molecule has 2 aromatic rings. The molecule has 2 N–H and O–H groups in total. The molecule has 0 atom stereocenters. The number of aryl methyl sites for hydroxylation is 3. The molecule has 0 aliphatic heterocycles. The molecule has 4 heteroatoms. The Labute approximate surface area is 132 Å². The molecule has 0 saturated heterocycles. The average molecular weight is 299 g/mol. The summed E-state index contributed by atoms with van der Waals surface area (Å²) in [6, 6.07) is 6.08. The zero-order chi connectivity index (χ0) is 16.1. The predicted octanol–water partition coefficient (Wildman–Crippen LogP) is 3.95. The third-order valence-electron chi connectivity index (χ3n) is 3.68.